The molecule has 0 bridgehead atoms. The number of carbonyl (C=O) groups excluding carboxylic acids is 1. The van der Waals surface area contributed by atoms with Crippen LogP contribution in [0.4, 0.5) is 10.2 Å². The molecule has 2 aliphatic heterocycles. The maximum absolute atomic E-state index is 14.5. The van der Waals surface area contributed by atoms with Crippen molar-refractivity contribution in [2.24, 2.45) is 0 Å². The van der Waals surface area contributed by atoms with Gasteiger partial charge in [-0.1, -0.05) is 11.6 Å². The number of aliphatic hydroxyl groups is 1. The third-order valence-electron chi connectivity index (χ3n) is 5.45. The first-order valence-electron chi connectivity index (χ1n) is 10.1. The smallest absolute Gasteiger partial charge is 0.246 e. The maximum Gasteiger partial charge on any atom is 0.246 e. The molecule has 5 N–H and O–H groups in total. The molecular formula is C20H24ClFN6O3. The zero-order chi connectivity index (χ0) is 22.0. The van der Waals surface area contributed by atoms with E-state index in [4.69, 9.17) is 16.3 Å². The summed E-state index contributed by atoms with van der Waals surface area (Å²) in [5.74, 6) is -0.393. The van der Waals surface area contributed by atoms with Crippen molar-refractivity contribution in [3.8, 4) is 0 Å². The fourth-order valence-electron chi connectivity index (χ4n) is 4.02. The first kappa shape index (κ1) is 21.4. The highest BCUT2D eigenvalue weighted by molar-refractivity contribution is 6.31. The van der Waals surface area contributed by atoms with E-state index in [-0.39, 0.29) is 47.5 Å². The minimum absolute atomic E-state index is 0.000780. The van der Waals surface area contributed by atoms with Crippen molar-refractivity contribution >= 4 is 28.9 Å². The van der Waals surface area contributed by atoms with Crippen molar-refractivity contribution in [2.45, 2.75) is 43.9 Å². The number of amides is 1. The van der Waals surface area contributed by atoms with Crippen LogP contribution in [0.3, 0.4) is 0 Å². The Morgan fingerprint density at radius 3 is 3.03 bits per heavy atom. The van der Waals surface area contributed by atoms with Crippen LogP contribution < -0.4 is 21.3 Å². The zero-order valence-corrected chi connectivity index (χ0v) is 17.7. The van der Waals surface area contributed by atoms with Crippen molar-refractivity contribution in [1.82, 2.24) is 25.9 Å². The number of dihydropyridines is 1. The number of fused-ring (bicyclic) bond motifs is 1. The van der Waals surface area contributed by atoms with Crippen LogP contribution in [0.2, 0.25) is 0 Å². The van der Waals surface area contributed by atoms with Crippen LogP contribution in [0, 0.1) is 5.82 Å². The van der Waals surface area contributed by atoms with Crippen LogP contribution in [0.5, 0.6) is 0 Å². The molecule has 0 radical (unpaired) electrons. The summed E-state index contributed by atoms with van der Waals surface area (Å²) < 4.78 is 19.3. The molecule has 0 saturated heterocycles. The molecule has 1 aliphatic carbocycles. The standard InChI is InChI=1S/C20H24ClFN6O3/c1-31-9-16(29)25-10-3-2-4-11(5-10)26-19-15(22)8-24-18(27-19)13-7-23-17-12(13)6-14(21)20(30)28-17/h6-8,10-11,17,23,28,30H,2-5,9H2,1H3,(H,25,29)(H,24,26,27)/t10-,11+,17?/m1/s1. The number of nitrogens with zero attached hydrogens (tertiary/aromatic N) is 2. The number of allylic oxidation sites excluding steroid dienone is 2. The van der Waals surface area contributed by atoms with Crippen molar-refractivity contribution < 1.29 is 19.0 Å². The number of halogens is 2. The van der Waals surface area contributed by atoms with Crippen molar-refractivity contribution in [1.29, 1.82) is 0 Å². The van der Waals surface area contributed by atoms with E-state index < -0.39 is 5.82 Å². The molecule has 1 aromatic heterocycles. The second-order valence-electron chi connectivity index (χ2n) is 7.69. The number of aliphatic hydroxyl groups excluding tert-OH is 1. The first-order chi connectivity index (χ1) is 14.9. The summed E-state index contributed by atoms with van der Waals surface area (Å²) in [5, 5.41) is 21.9. The van der Waals surface area contributed by atoms with E-state index >= 15 is 0 Å². The zero-order valence-electron chi connectivity index (χ0n) is 16.9. The van der Waals surface area contributed by atoms with E-state index in [0.717, 1.165) is 31.0 Å². The summed E-state index contributed by atoms with van der Waals surface area (Å²) in [6.45, 7) is 0.0182. The molecule has 1 aromatic rings. The highest BCUT2D eigenvalue weighted by Gasteiger charge is 2.31. The van der Waals surface area contributed by atoms with Gasteiger partial charge in [0.05, 0.1) is 6.20 Å². The van der Waals surface area contributed by atoms with Crippen LogP contribution in [0.1, 0.15) is 31.5 Å². The minimum Gasteiger partial charge on any atom is -0.494 e. The Labute approximate surface area is 183 Å². The van der Waals surface area contributed by atoms with Gasteiger partial charge in [-0.2, -0.15) is 0 Å². The molecule has 9 nitrogen and oxygen atoms in total. The van der Waals surface area contributed by atoms with E-state index in [0.29, 0.717) is 17.8 Å². The first-order valence-corrected chi connectivity index (χ1v) is 10.4. The lowest BCUT2D eigenvalue weighted by molar-refractivity contribution is -0.125. The Morgan fingerprint density at radius 2 is 2.23 bits per heavy atom. The van der Waals surface area contributed by atoms with Gasteiger partial charge in [0.25, 0.3) is 0 Å². The molecule has 3 heterocycles. The second kappa shape index (κ2) is 9.11. The summed E-state index contributed by atoms with van der Waals surface area (Å²) in [4.78, 5) is 20.3. The van der Waals surface area contributed by atoms with Gasteiger partial charge in [0.1, 0.15) is 17.8 Å². The van der Waals surface area contributed by atoms with Crippen molar-refractivity contribution in [3.63, 3.8) is 0 Å². The van der Waals surface area contributed by atoms with E-state index in [9.17, 15) is 14.3 Å². The molecule has 4 rings (SSSR count). The molecule has 11 heteroatoms. The summed E-state index contributed by atoms with van der Waals surface area (Å²) in [6.07, 6.45) is 7.37. The number of carbonyl (C=O) groups is 1. The number of ether oxygens (including phenoxy) is 1. The maximum atomic E-state index is 14.5. The van der Waals surface area contributed by atoms with Crippen LogP contribution in [-0.2, 0) is 9.53 Å². The van der Waals surface area contributed by atoms with Gasteiger partial charge in [0.2, 0.25) is 11.8 Å². The Hall–Kier alpha value is -2.85. The Kier molecular flexibility index (Phi) is 6.28. The van der Waals surface area contributed by atoms with E-state index in [2.05, 4.69) is 31.2 Å². The summed E-state index contributed by atoms with van der Waals surface area (Å²) in [5.41, 5.74) is 1.40. The van der Waals surface area contributed by atoms with Crippen LogP contribution in [-0.4, -0.2) is 52.9 Å². The van der Waals surface area contributed by atoms with Gasteiger partial charge >= 0.3 is 0 Å². The molecule has 1 unspecified atom stereocenters. The third kappa shape index (κ3) is 4.75. The van der Waals surface area contributed by atoms with Crippen LogP contribution in [0.25, 0.3) is 5.57 Å². The van der Waals surface area contributed by atoms with Gasteiger partial charge in [-0.05, 0) is 31.8 Å². The number of rotatable bonds is 6. The van der Waals surface area contributed by atoms with Gasteiger partial charge in [0, 0.05) is 36.5 Å². The lowest BCUT2D eigenvalue weighted by Gasteiger charge is -2.30. The summed E-state index contributed by atoms with van der Waals surface area (Å²) in [6, 6.07) is -0.0343. The third-order valence-corrected chi connectivity index (χ3v) is 5.73. The second-order valence-corrected chi connectivity index (χ2v) is 8.10. The quantitative estimate of drug-likeness (QED) is 0.445. The lowest BCUT2D eigenvalue weighted by atomic mass is 9.91. The molecule has 3 atom stereocenters. The average molecular weight is 451 g/mol. The Balaban J connectivity index is 1.48. The number of nitrogens with one attached hydrogen (secondary N) is 4. The summed E-state index contributed by atoms with van der Waals surface area (Å²) in [7, 11) is 1.48. The van der Waals surface area contributed by atoms with Crippen LogP contribution >= 0.6 is 11.6 Å². The molecule has 1 fully saturated rings. The molecular weight excluding hydrogens is 427 g/mol. The van der Waals surface area contributed by atoms with Gasteiger partial charge in [-0.15, -0.1) is 0 Å². The number of hydrogen-bond donors (Lipinski definition) is 5. The minimum atomic E-state index is -0.552. The number of aromatic nitrogens is 2. The Morgan fingerprint density at radius 1 is 1.42 bits per heavy atom. The van der Waals surface area contributed by atoms with Crippen molar-refractivity contribution in [2.75, 3.05) is 19.0 Å². The topological polar surface area (TPSA) is 120 Å². The number of anilines is 1. The fourth-order valence-corrected chi connectivity index (χ4v) is 4.20. The summed E-state index contributed by atoms with van der Waals surface area (Å²) >= 11 is 6.03. The number of methoxy groups -OCH3 is 1. The monoisotopic (exact) mass is 450 g/mol. The van der Waals surface area contributed by atoms with Gasteiger partial charge in [-0.3, -0.25) is 4.79 Å². The predicted molar refractivity (Wildman–Crippen MR) is 113 cm³/mol. The van der Waals surface area contributed by atoms with Crippen molar-refractivity contribution in [3.05, 3.63) is 46.6 Å². The highest BCUT2D eigenvalue weighted by Crippen LogP contribution is 2.33. The van der Waals surface area contributed by atoms with Gasteiger partial charge in [-0.25, -0.2) is 14.4 Å². The largest absolute Gasteiger partial charge is 0.494 e. The molecule has 0 spiro atoms. The fraction of sp³-hybridized carbons (Fsp3) is 0.450. The molecule has 31 heavy (non-hydrogen) atoms. The average Bonchev–Trinajstić information content (AvgIpc) is 3.13. The molecule has 166 valence electrons. The van der Waals surface area contributed by atoms with E-state index in [1.165, 1.54) is 7.11 Å². The van der Waals surface area contributed by atoms with Crippen LogP contribution in [0.15, 0.2) is 35.0 Å². The predicted octanol–water partition coefficient (Wildman–Crippen LogP) is 1.87. The lowest BCUT2D eigenvalue weighted by Crippen LogP contribution is -2.43. The molecule has 3 aliphatic rings. The molecule has 1 amide bonds. The van der Waals surface area contributed by atoms with Gasteiger partial charge in [0.15, 0.2) is 17.5 Å². The molecule has 0 aromatic carbocycles. The highest BCUT2D eigenvalue weighted by atomic mass is 35.5. The molecule has 1 saturated carbocycles. The van der Waals surface area contributed by atoms with E-state index in [1.54, 1.807) is 12.3 Å². The number of hydrogen-bond acceptors (Lipinski definition) is 8. The SMILES string of the molecule is COCC(=O)N[C@@H]1CCC[C@H](Nc2nc(C3=CNC4NC(O)=C(Cl)C=C34)ncc2F)C1. The van der Waals surface area contributed by atoms with Gasteiger partial charge < -0.3 is 31.1 Å². The normalized spacial score (nSPS) is 25.1. The Bertz CT molecular complexity index is 966. The van der Waals surface area contributed by atoms with E-state index in [1.807, 2.05) is 0 Å².